The van der Waals surface area contributed by atoms with Gasteiger partial charge in [-0.15, -0.1) is 0 Å². The first-order chi connectivity index (χ1) is 17.3. The number of pyridine rings is 1. The van der Waals surface area contributed by atoms with Gasteiger partial charge in [0.05, 0.1) is 15.6 Å². The van der Waals surface area contributed by atoms with Gasteiger partial charge in [0, 0.05) is 48.8 Å². The first kappa shape index (κ1) is 24.7. The normalized spacial score (nSPS) is 18.2. The van der Waals surface area contributed by atoms with Gasteiger partial charge in [-0.05, 0) is 56.0 Å². The number of nitrogens with one attached hydrogen (secondary N) is 2. The Morgan fingerprint density at radius 3 is 2.58 bits per heavy atom. The fourth-order valence-corrected chi connectivity index (χ4v) is 5.22. The summed E-state index contributed by atoms with van der Waals surface area (Å²) in [7, 11) is 0. The molecule has 2 fully saturated rings. The average molecular weight is 527 g/mol. The second kappa shape index (κ2) is 10.1. The van der Waals surface area contributed by atoms with Crippen molar-refractivity contribution in [3.05, 3.63) is 74.0 Å². The third kappa shape index (κ3) is 4.95. The number of hydrogen-bond acceptors (Lipinski definition) is 4. The minimum absolute atomic E-state index is 0.190. The third-order valence-electron chi connectivity index (χ3n) is 7.23. The van der Waals surface area contributed by atoms with Crippen LogP contribution in [-0.2, 0) is 4.79 Å². The molecule has 1 aliphatic carbocycles. The largest absolute Gasteiger partial charge is 0.367 e. The van der Waals surface area contributed by atoms with Crippen LogP contribution in [0.4, 0.5) is 5.69 Å². The highest BCUT2D eigenvalue weighted by molar-refractivity contribution is 6.42. The van der Waals surface area contributed by atoms with Crippen molar-refractivity contribution in [2.24, 2.45) is 5.92 Å². The number of benzene rings is 2. The lowest BCUT2D eigenvalue weighted by atomic mass is 9.85. The van der Waals surface area contributed by atoms with Crippen molar-refractivity contribution in [3.8, 4) is 0 Å². The van der Waals surface area contributed by atoms with E-state index in [2.05, 4.69) is 10.3 Å². The minimum Gasteiger partial charge on any atom is -0.367 e. The summed E-state index contributed by atoms with van der Waals surface area (Å²) >= 11 is 12.3. The highest BCUT2D eigenvalue weighted by atomic mass is 35.5. The van der Waals surface area contributed by atoms with Gasteiger partial charge in [0.25, 0.3) is 5.91 Å². The Morgan fingerprint density at radius 2 is 1.86 bits per heavy atom. The Hall–Kier alpha value is -3.03. The molecule has 0 radical (unpaired) electrons. The Kier molecular flexibility index (Phi) is 6.95. The molecule has 9 heteroatoms. The zero-order valence-corrected chi connectivity index (χ0v) is 21.5. The number of carbonyl (C=O) groups excluding carboxylic acids is 2. The zero-order chi connectivity index (χ0) is 25.4. The quantitative estimate of drug-likeness (QED) is 0.516. The molecular weight excluding hydrogens is 499 g/mol. The molecule has 7 nitrogen and oxygen atoms in total. The number of nitrogens with zero attached hydrogens (tertiary/aromatic N) is 2. The number of anilines is 1. The molecule has 2 aromatic carbocycles. The van der Waals surface area contributed by atoms with Gasteiger partial charge >= 0.3 is 0 Å². The molecule has 5 rings (SSSR count). The molecule has 188 valence electrons. The van der Waals surface area contributed by atoms with Gasteiger partial charge in [0.15, 0.2) is 0 Å². The Labute approximate surface area is 219 Å². The summed E-state index contributed by atoms with van der Waals surface area (Å²) < 4.78 is 0. The number of carbonyl (C=O) groups is 2. The summed E-state index contributed by atoms with van der Waals surface area (Å²) in [5.41, 5.74) is 2.36. The van der Waals surface area contributed by atoms with E-state index in [4.69, 9.17) is 23.2 Å². The third-order valence-corrected chi connectivity index (χ3v) is 7.97. The van der Waals surface area contributed by atoms with E-state index in [0.717, 1.165) is 24.1 Å². The maximum atomic E-state index is 13.9. The standard InChI is InChI=1S/C27H28Cl2N4O3/c1-16-5-8-23-19(11-16)20(13-25(34)31-23)27(36)33-10-9-32(18-6-7-21(28)22(29)12-18)15-24(33)26(35)30-14-17-3-2-4-17/h5-8,11-13,17,24H,2-4,9-10,14-15H2,1H3,(H,30,35)(H,31,34). The van der Waals surface area contributed by atoms with Crippen LogP contribution in [0.2, 0.25) is 10.0 Å². The first-order valence-corrected chi connectivity index (χ1v) is 13.0. The van der Waals surface area contributed by atoms with Crippen LogP contribution in [0.3, 0.4) is 0 Å². The topological polar surface area (TPSA) is 85.5 Å². The summed E-state index contributed by atoms with van der Waals surface area (Å²) in [5.74, 6) is -0.0212. The van der Waals surface area contributed by atoms with Crippen LogP contribution in [0.5, 0.6) is 0 Å². The smallest absolute Gasteiger partial charge is 0.255 e. The van der Waals surface area contributed by atoms with Crippen molar-refractivity contribution in [2.45, 2.75) is 32.2 Å². The molecule has 1 atom stereocenters. The fraction of sp³-hybridized carbons (Fsp3) is 0.370. The van der Waals surface area contributed by atoms with E-state index < -0.39 is 6.04 Å². The fourth-order valence-electron chi connectivity index (χ4n) is 4.93. The molecule has 1 aliphatic heterocycles. The van der Waals surface area contributed by atoms with Crippen LogP contribution >= 0.6 is 23.2 Å². The molecule has 2 heterocycles. The summed E-state index contributed by atoms with van der Waals surface area (Å²) in [5, 5.41) is 4.63. The highest BCUT2D eigenvalue weighted by Crippen LogP contribution is 2.30. The number of aromatic amines is 1. The molecule has 1 aromatic heterocycles. The van der Waals surface area contributed by atoms with E-state index in [1.54, 1.807) is 23.1 Å². The van der Waals surface area contributed by atoms with Crippen LogP contribution in [0.15, 0.2) is 47.3 Å². The molecule has 2 aliphatic rings. The van der Waals surface area contributed by atoms with E-state index in [1.165, 1.54) is 12.5 Å². The van der Waals surface area contributed by atoms with Crippen molar-refractivity contribution in [1.29, 1.82) is 0 Å². The predicted octanol–water partition coefficient (Wildman–Crippen LogP) is 4.39. The highest BCUT2D eigenvalue weighted by Gasteiger charge is 2.37. The number of piperazine rings is 1. The zero-order valence-electron chi connectivity index (χ0n) is 20.0. The molecule has 2 amide bonds. The van der Waals surface area contributed by atoms with E-state index in [1.807, 2.05) is 30.0 Å². The van der Waals surface area contributed by atoms with Gasteiger partial charge in [0.2, 0.25) is 11.5 Å². The van der Waals surface area contributed by atoms with E-state index in [9.17, 15) is 14.4 Å². The number of aryl methyl sites for hydroxylation is 1. The number of amides is 2. The van der Waals surface area contributed by atoms with Crippen LogP contribution in [-0.4, -0.2) is 53.9 Å². The van der Waals surface area contributed by atoms with Crippen LogP contribution < -0.4 is 15.8 Å². The predicted molar refractivity (Wildman–Crippen MR) is 143 cm³/mol. The number of hydrogen-bond donors (Lipinski definition) is 2. The number of halogens is 2. The molecule has 1 saturated heterocycles. The van der Waals surface area contributed by atoms with Gasteiger partial charge in [-0.3, -0.25) is 14.4 Å². The molecule has 1 unspecified atom stereocenters. The number of rotatable bonds is 5. The van der Waals surface area contributed by atoms with Gasteiger partial charge in [-0.25, -0.2) is 0 Å². The van der Waals surface area contributed by atoms with E-state index >= 15 is 0 Å². The summed E-state index contributed by atoms with van der Waals surface area (Å²) in [4.78, 5) is 46.1. The lowest BCUT2D eigenvalue weighted by Gasteiger charge is -2.42. The average Bonchev–Trinajstić information content (AvgIpc) is 2.83. The maximum Gasteiger partial charge on any atom is 0.255 e. The molecule has 1 saturated carbocycles. The minimum atomic E-state index is -0.722. The molecule has 36 heavy (non-hydrogen) atoms. The molecule has 2 N–H and O–H groups in total. The van der Waals surface area contributed by atoms with Gasteiger partial charge < -0.3 is 20.1 Å². The summed E-state index contributed by atoms with van der Waals surface area (Å²) in [6.07, 6.45) is 3.41. The SMILES string of the molecule is Cc1ccc2[nH]c(=O)cc(C(=O)N3CCN(c4ccc(Cl)c(Cl)c4)CC3C(=O)NCC3CCC3)c2c1. The summed E-state index contributed by atoms with van der Waals surface area (Å²) in [6.45, 7) is 3.68. The van der Waals surface area contributed by atoms with E-state index in [0.29, 0.717) is 58.6 Å². The molecule has 0 spiro atoms. The number of aromatic nitrogens is 1. The van der Waals surface area contributed by atoms with Crippen LogP contribution in [0.1, 0.15) is 35.2 Å². The Bertz CT molecular complexity index is 1390. The van der Waals surface area contributed by atoms with Crippen LogP contribution in [0, 0.1) is 12.8 Å². The Balaban J connectivity index is 1.47. The molecule has 3 aromatic rings. The van der Waals surface area contributed by atoms with Crippen LogP contribution in [0.25, 0.3) is 10.9 Å². The molecule has 0 bridgehead atoms. The molecular formula is C27H28Cl2N4O3. The van der Waals surface area contributed by atoms with Gasteiger partial charge in [0.1, 0.15) is 6.04 Å². The van der Waals surface area contributed by atoms with Crippen molar-refractivity contribution < 1.29 is 9.59 Å². The van der Waals surface area contributed by atoms with Crippen molar-refractivity contribution in [1.82, 2.24) is 15.2 Å². The van der Waals surface area contributed by atoms with Crippen molar-refractivity contribution >= 4 is 51.6 Å². The lowest BCUT2D eigenvalue weighted by Crippen LogP contribution is -2.61. The summed E-state index contributed by atoms with van der Waals surface area (Å²) in [6, 6.07) is 11.6. The first-order valence-electron chi connectivity index (χ1n) is 12.2. The van der Waals surface area contributed by atoms with Gasteiger partial charge in [-0.1, -0.05) is 41.3 Å². The number of fused-ring (bicyclic) bond motifs is 1. The second-order valence-electron chi connectivity index (χ2n) is 9.70. The number of H-pyrrole nitrogens is 1. The van der Waals surface area contributed by atoms with Crippen molar-refractivity contribution in [3.63, 3.8) is 0 Å². The van der Waals surface area contributed by atoms with Gasteiger partial charge in [-0.2, -0.15) is 0 Å². The van der Waals surface area contributed by atoms with E-state index in [-0.39, 0.29) is 17.4 Å². The lowest BCUT2D eigenvalue weighted by molar-refractivity contribution is -0.126. The second-order valence-corrected chi connectivity index (χ2v) is 10.5. The maximum absolute atomic E-state index is 13.9. The monoisotopic (exact) mass is 526 g/mol. The van der Waals surface area contributed by atoms with Crippen molar-refractivity contribution in [2.75, 3.05) is 31.1 Å². The Morgan fingerprint density at radius 1 is 1.06 bits per heavy atom.